The molecule has 0 spiro atoms. The van der Waals surface area contributed by atoms with Crippen molar-refractivity contribution in [2.24, 2.45) is 0 Å². The summed E-state index contributed by atoms with van der Waals surface area (Å²) in [6, 6.07) is 9.67. The molecule has 1 atom stereocenters. The molecular weight excluding hydrogens is 326 g/mol. The van der Waals surface area contributed by atoms with E-state index in [1.165, 1.54) is 10.9 Å². The van der Waals surface area contributed by atoms with E-state index in [1.807, 2.05) is 37.3 Å². The predicted octanol–water partition coefficient (Wildman–Crippen LogP) is 2.31. The number of fused-ring (bicyclic) bond motifs is 1. The monoisotopic (exact) mass is 345 g/mol. The zero-order valence-corrected chi connectivity index (χ0v) is 14.2. The molecule has 0 radical (unpaired) electrons. The maximum atomic E-state index is 12.6. The van der Waals surface area contributed by atoms with E-state index in [-0.39, 0.29) is 12.1 Å². The highest BCUT2D eigenvalue weighted by Gasteiger charge is 2.15. The summed E-state index contributed by atoms with van der Waals surface area (Å²) in [5.74, 6) is 0. The molecule has 0 aliphatic carbocycles. The van der Waals surface area contributed by atoms with Crippen molar-refractivity contribution in [2.45, 2.75) is 26.0 Å². The van der Waals surface area contributed by atoms with E-state index in [0.717, 1.165) is 22.8 Å². The Kier molecular flexibility index (Phi) is 5.34. The van der Waals surface area contributed by atoms with Gasteiger partial charge in [0, 0.05) is 18.8 Å². The Hall–Kier alpha value is -2.09. The molecule has 3 aromatic rings. The molecule has 0 saturated heterocycles. The van der Waals surface area contributed by atoms with Gasteiger partial charge in [0.2, 0.25) is 0 Å². The standard InChI is InChI=1S/C17H19N3O3S/c1-2-23-9-8-13(21)10-20-11-18-15-14(12-6-4-3-5-7-12)19-24-16(15)17(20)22/h3-7,11,13,21H,2,8-10H2,1H3. The molecule has 24 heavy (non-hydrogen) atoms. The van der Waals surface area contributed by atoms with Crippen molar-refractivity contribution in [3.63, 3.8) is 0 Å². The molecule has 0 fully saturated rings. The number of ether oxygens (including phenoxy) is 1. The Morgan fingerprint density at radius 2 is 2.12 bits per heavy atom. The first-order chi connectivity index (χ1) is 11.7. The number of aliphatic hydroxyl groups excluding tert-OH is 1. The molecule has 126 valence electrons. The van der Waals surface area contributed by atoms with Crippen LogP contribution in [-0.4, -0.2) is 38.3 Å². The summed E-state index contributed by atoms with van der Waals surface area (Å²) in [7, 11) is 0. The number of aromatic nitrogens is 3. The van der Waals surface area contributed by atoms with E-state index in [2.05, 4.69) is 9.36 Å². The maximum Gasteiger partial charge on any atom is 0.273 e. The van der Waals surface area contributed by atoms with E-state index in [0.29, 0.717) is 29.9 Å². The van der Waals surface area contributed by atoms with Gasteiger partial charge in [0.05, 0.1) is 19.0 Å². The quantitative estimate of drug-likeness (QED) is 0.665. The third-order valence-electron chi connectivity index (χ3n) is 3.70. The molecule has 0 saturated carbocycles. The van der Waals surface area contributed by atoms with Crippen molar-refractivity contribution >= 4 is 21.7 Å². The van der Waals surface area contributed by atoms with Crippen LogP contribution in [0.2, 0.25) is 0 Å². The molecule has 7 heteroatoms. The predicted molar refractivity (Wildman–Crippen MR) is 94.2 cm³/mol. The van der Waals surface area contributed by atoms with Crippen LogP contribution in [0.4, 0.5) is 0 Å². The minimum Gasteiger partial charge on any atom is -0.391 e. The fourth-order valence-corrected chi connectivity index (χ4v) is 3.26. The molecule has 2 aromatic heterocycles. The Labute approximate surface area is 143 Å². The van der Waals surface area contributed by atoms with Crippen LogP contribution in [0, 0.1) is 0 Å². The van der Waals surface area contributed by atoms with Crippen LogP contribution >= 0.6 is 11.5 Å². The van der Waals surface area contributed by atoms with Crippen LogP contribution < -0.4 is 5.56 Å². The molecule has 1 N–H and O–H groups in total. The number of hydrogen-bond donors (Lipinski definition) is 1. The van der Waals surface area contributed by atoms with Crippen LogP contribution in [0.3, 0.4) is 0 Å². The highest BCUT2D eigenvalue weighted by Crippen LogP contribution is 2.26. The minimum absolute atomic E-state index is 0.171. The van der Waals surface area contributed by atoms with Gasteiger partial charge < -0.3 is 9.84 Å². The smallest absolute Gasteiger partial charge is 0.273 e. The van der Waals surface area contributed by atoms with Crippen molar-refractivity contribution in [3.05, 3.63) is 47.0 Å². The van der Waals surface area contributed by atoms with Gasteiger partial charge in [-0.05, 0) is 24.9 Å². The van der Waals surface area contributed by atoms with E-state index >= 15 is 0 Å². The Bertz CT molecular complexity index is 860. The second-order valence-corrected chi connectivity index (χ2v) is 6.19. The molecule has 0 aliphatic rings. The van der Waals surface area contributed by atoms with Gasteiger partial charge >= 0.3 is 0 Å². The summed E-state index contributed by atoms with van der Waals surface area (Å²) in [5.41, 5.74) is 2.09. The molecular formula is C17H19N3O3S. The summed E-state index contributed by atoms with van der Waals surface area (Å²) in [4.78, 5) is 17.0. The lowest BCUT2D eigenvalue weighted by Gasteiger charge is -2.12. The third-order valence-corrected chi connectivity index (χ3v) is 4.53. The first-order valence-corrected chi connectivity index (χ1v) is 8.64. The van der Waals surface area contributed by atoms with Gasteiger partial charge in [-0.1, -0.05) is 30.3 Å². The fourth-order valence-electron chi connectivity index (χ4n) is 2.45. The van der Waals surface area contributed by atoms with Gasteiger partial charge in [-0.3, -0.25) is 9.36 Å². The molecule has 0 bridgehead atoms. The van der Waals surface area contributed by atoms with E-state index < -0.39 is 6.10 Å². The minimum atomic E-state index is -0.644. The zero-order chi connectivity index (χ0) is 16.9. The van der Waals surface area contributed by atoms with Crippen molar-refractivity contribution in [2.75, 3.05) is 13.2 Å². The highest BCUT2D eigenvalue weighted by molar-refractivity contribution is 7.13. The van der Waals surface area contributed by atoms with E-state index in [1.54, 1.807) is 0 Å². The number of aliphatic hydroxyl groups is 1. The number of nitrogens with zero attached hydrogens (tertiary/aromatic N) is 3. The van der Waals surface area contributed by atoms with Crippen molar-refractivity contribution in [1.29, 1.82) is 0 Å². The summed E-state index contributed by atoms with van der Waals surface area (Å²) < 4.78 is 11.6. The second kappa shape index (κ2) is 7.65. The number of benzene rings is 1. The summed E-state index contributed by atoms with van der Waals surface area (Å²) in [5, 5.41) is 10.0. The van der Waals surface area contributed by atoms with Gasteiger partial charge in [-0.25, -0.2) is 4.98 Å². The molecule has 1 unspecified atom stereocenters. The van der Waals surface area contributed by atoms with Crippen molar-refractivity contribution in [3.8, 4) is 11.3 Å². The average molecular weight is 345 g/mol. The lowest BCUT2D eigenvalue weighted by molar-refractivity contribution is 0.0791. The van der Waals surface area contributed by atoms with Crippen LogP contribution in [0.15, 0.2) is 41.5 Å². The number of rotatable bonds is 7. The molecule has 0 aliphatic heterocycles. The Balaban J connectivity index is 1.86. The first kappa shape index (κ1) is 16.8. The van der Waals surface area contributed by atoms with E-state index in [4.69, 9.17) is 4.74 Å². The third kappa shape index (κ3) is 3.53. The maximum absolute atomic E-state index is 12.6. The summed E-state index contributed by atoms with van der Waals surface area (Å²) in [6.45, 7) is 3.19. The SMILES string of the molecule is CCOCCC(O)Cn1cnc2c(-c3ccccc3)nsc2c1=O. The Morgan fingerprint density at radius 3 is 2.88 bits per heavy atom. The lowest BCUT2D eigenvalue weighted by Crippen LogP contribution is -2.27. The van der Waals surface area contributed by atoms with Crippen LogP contribution in [0.25, 0.3) is 21.5 Å². The molecule has 3 rings (SSSR count). The highest BCUT2D eigenvalue weighted by atomic mass is 32.1. The van der Waals surface area contributed by atoms with Crippen molar-refractivity contribution < 1.29 is 9.84 Å². The zero-order valence-electron chi connectivity index (χ0n) is 13.4. The van der Waals surface area contributed by atoms with Crippen LogP contribution in [0.1, 0.15) is 13.3 Å². The average Bonchev–Trinajstić information content (AvgIpc) is 3.03. The lowest BCUT2D eigenvalue weighted by atomic mass is 10.1. The van der Waals surface area contributed by atoms with Gasteiger partial charge in [-0.2, -0.15) is 4.37 Å². The number of hydrogen-bond acceptors (Lipinski definition) is 6. The van der Waals surface area contributed by atoms with Crippen LogP contribution in [-0.2, 0) is 11.3 Å². The Morgan fingerprint density at radius 1 is 1.33 bits per heavy atom. The summed E-state index contributed by atoms with van der Waals surface area (Å²) >= 11 is 1.15. The molecule has 1 aromatic carbocycles. The molecule has 2 heterocycles. The van der Waals surface area contributed by atoms with Crippen molar-refractivity contribution in [1.82, 2.24) is 13.9 Å². The first-order valence-electron chi connectivity index (χ1n) is 7.86. The van der Waals surface area contributed by atoms with Gasteiger partial charge in [0.25, 0.3) is 5.56 Å². The topological polar surface area (TPSA) is 77.2 Å². The molecule has 0 amide bonds. The fraction of sp³-hybridized carbons (Fsp3) is 0.353. The molecule has 6 nitrogen and oxygen atoms in total. The van der Waals surface area contributed by atoms with Gasteiger partial charge in [0.15, 0.2) is 0 Å². The summed E-state index contributed by atoms with van der Waals surface area (Å²) in [6.07, 6.45) is 1.32. The van der Waals surface area contributed by atoms with Crippen LogP contribution in [0.5, 0.6) is 0 Å². The van der Waals surface area contributed by atoms with Gasteiger partial charge in [-0.15, -0.1) is 0 Å². The normalized spacial score (nSPS) is 12.6. The second-order valence-electron chi connectivity index (χ2n) is 5.42. The van der Waals surface area contributed by atoms with Gasteiger partial charge in [0.1, 0.15) is 15.9 Å². The largest absolute Gasteiger partial charge is 0.391 e. The van der Waals surface area contributed by atoms with E-state index in [9.17, 15) is 9.90 Å².